The van der Waals surface area contributed by atoms with E-state index < -0.39 is 17.8 Å². The first kappa shape index (κ1) is 38.0. The molecule has 2 N–H and O–H groups in total. The van der Waals surface area contributed by atoms with E-state index in [1.165, 1.54) is 4.90 Å². The SMILES string of the molecule is CC1(Oc2cc3c(-c4cc(N5CCN(CC6CCC(OC7CCN(c8ccc9c(c8F)CN(C8CCC(=O)NC8=O)C9=O)CC7)CC6)CC5)ncn4)n[nH]c3cn2)CC1. The number of carbonyl (C=O) groups is 3. The van der Waals surface area contributed by atoms with Crippen LogP contribution in [0.4, 0.5) is 15.9 Å². The molecule has 16 heteroatoms. The lowest BCUT2D eigenvalue weighted by atomic mass is 9.86. The number of ether oxygens (including phenoxy) is 2. The number of anilines is 2. The van der Waals surface area contributed by atoms with Crippen LogP contribution in [0.25, 0.3) is 22.3 Å². The van der Waals surface area contributed by atoms with Gasteiger partial charge in [0, 0.05) is 80.9 Å². The molecule has 15 nitrogen and oxygen atoms in total. The van der Waals surface area contributed by atoms with Gasteiger partial charge < -0.3 is 24.2 Å². The van der Waals surface area contributed by atoms with E-state index in [0.29, 0.717) is 41.7 Å². The highest BCUT2D eigenvalue weighted by atomic mass is 19.1. The number of hydrogen-bond donors (Lipinski definition) is 2. The number of piperidine rings is 2. The number of carbonyl (C=O) groups excluding carboxylic acids is 3. The lowest BCUT2D eigenvalue weighted by Gasteiger charge is -2.39. The van der Waals surface area contributed by atoms with Gasteiger partial charge in [-0.2, -0.15) is 5.10 Å². The molecular formula is C43H51FN10O5. The van der Waals surface area contributed by atoms with Crippen LogP contribution >= 0.6 is 0 Å². The van der Waals surface area contributed by atoms with E-state index in [1.54, 1.807) is 24.7 Å². The number of piperazine rings is 1. The minimum atomic E-state index is -0.764. The molecule has 0 radical (unpaired) electrons. The Kier molecular flexibility index (Phi) is 9.94. The van der Waals surface area contributed by atoms with Gasteiger partial charge in [-0.3, -0.25) is 29.7 Å². The molecule has 310 valence electrons. The summed E-state index contributed by atoms with van der Waals surface area (Å²) in [7, 11) is 0. The van der Waals surface area contributed by atoms with E-state index in [4.69, 9.17) is 9.47 Å². The van der Waals surface area contributed by atoms with E-state index in [9.17, 15) is 14.4 Å². The van der Waals surface area contributed by atoms with Crippen LogP contribution in [-0.4, -0.2) is 122 Å². The van der Waals surface area contributed by atoms with Crippen LogP contribution in [0.3, 0.4) is 0 Å². The van der Waals surface area contributed by atoms with Crippen molar-refractivity contribution in [2.75, 3.05) is 55.6 Å². The molecule has 0 bridgehead atoms. The number of benzene rings is 1. The van der Waals surface area contributed by atoms with Crippen LogP contribution in [0.15, 0.2) is 36.8 Å². The highest BCUT2D eigenvalue weighted by Gasteiger charge is 2.42. The fourth-order valence-electron chi connectivity index (χ4n) is 9.64. The molecular weight excluding hydrogens is 756 g/mol. The Bertz CT molecular complexity index is 2260. The van der Waals surface area contributed by atoms with Crippen LogP contribution < -0.4 is 19.9 Å². The summed E-state index contributed by atoms with van der Waals surface area (Å²) in [4.78, 5) is 59.3. The van der Waals surface area contributed by atoms with Crippen molar-refractivity contribution in [3.63, 3.8) is 0 Å². The molecule has 7 heterocycles. The van der Waals surface area contributed by atoms with Crippen LogP contribution in [0, 0.1) is 11.7 Å². The molecule has 3 saturated heterocycles. The summed E-state index contributed by atoms with van der Waals surface area (Å²) in [5.74, 6) is 0.590. The number of aromatic nitrogens is 5. The summed E-state index contributed by atoms with van der Waals surface area (Å²) in [6.07, 6.45) is 12.4. The van der Waals surface area contributed by atoms with E-state index in [-0.39, 0.29) is 49.0 Å². The largest absolute Gasteiger partial charge is 0.471 e. The number of aromatic amines is 1. The molecule has 5 fully saturated rings. The summed E-state index contributed by atoms with van der Waals surface area (Å²) in [6.45, 7) is 8.39. The molecule has 3 aromatic heterocycles. The number of imide groups is 1. The Morgan fingerprint density at radius 1 is 0.881 bits per heavy atom. The van der Waals surface area contributed by atoms with Gasteiger partial charge in [0.1, 0.15) is 29.5 Å². The van der Waals surface area contributed by atoms with Crippen LogP contribution in [0.2, 0.25) is 0 Å². The predicted octanol–water partition coefficient (Wildman–Crippen LogP) is 4.61. The van der Waals surface area contributed by atoms with E-state index in [2.05, 4.69) is 52.1 Å². The maximum absolute atomic E-state index is 15.9. The molecule has 4 aromatic rings. The molecule has 1 unspecified atom stereocenters. The summed E-state index contributed by atoms with van der Waals surface area (Å²) in [5.41, 5.74) is 3.40. The number of pyridine rings is 1. The zero-order chi connectivity index (χ0) is 40.3. The van der Waals surface area contributed by atoms with Crippen molar-refractivity contribution in [1.82, 2.24) is 40.3 Å². The standard InChI is InChI=1S/C43H51FN10O5/c1-43(12-13-43)59-38-20-30-33(22-45-38)49-50-40(30)32-21-36(47-25-46-32)53-18-16-51(17-19-53)23-26-2-4-27(5-3-26)58-28-10-14-52(15-11-28)34-7-6-29-31(39(34)44)24-54(42(29)57)35-8-9-37(55)48-41(35)56/h6-7,20-22,25-28,35H,2-5,8-19,23-24H2,1H3,(H,49,50)(H,48,55,56). The number of hydrogen-bond acceptors (Lipinski definition) is 12. The number of rotatable bonds is 10. The molecule has 10 rings (SSSR count). The summed E-state index contributed by atoms with van der Waals surface area (Å²) >= 11 is 0. The van der Waals surface area contributed by atoms with Gasteiger partial charge in [-0.05, 0) is 82.8 Å². The quantitative estimate of drug-likeness (QED) is 0.215. The number of amides is 3. The highest BCUT2D eigenvalue weighted by Crippen LogP contribution is 2.40. The normalized spacial score (nSPS) is 25.1. The molecule has 2 saturated carbocycles. The Balaban J connectivity index is 0.667. The number of H-pyrrole nitrogens is 1. The molecule has 4 aliphatic heterocycles. The average Bonchev–Trinajstić information content (AvgIpc) is 3.66. The third-order valence-corrected chi connectivity index (χ3v) is 13.4. The van der Waals surface area contributed by atoms with Gasteiger partial charge in [-0.1, -0.05) is 0 Å². The summed E-state index contributed by atoms with van der Waals surface area (Å²) in [6, 6.07) is 6.60. The molecule has 0 spiro atoms. The van der Waals surface area contributed by atoms with Gasteiger partial charge in [-0.25, -0.2) is 19.3 Å². The van der Waals surface area contributed by atoms with Gasteiger partial charge in [-0.15, -0.1) is 0 Å². The second kappa shape index (κ2) is 15.4. The third-order valence-electron chi connectivity index (χ3n) is 13.4. The number of nitrogens with one attached hydrogen (secondary N) is 2. The lowest BCUT2D eigenvalue weighted by molar-refractivity contribution is -0.136. The van der Waals surface area contributed by atoms with Crippen molar-refractivity contribution in [2.24, 2.45) is 5.92 Å². The van der Waals surface area contributed by atoms with Crippen molar-refractivity contribution in [2.45, 2.75) is 102 Å². The summed E-state index contributed by atoms with van der Waals surface area (Å²) < 4.78 is 28.7. The first-order chi connectivity index (χ1) is 28.7. The number of nitrogens with zero attached hydrogens (tertiary/aromatic N) is 8. The molecule has 1 atom stereocenters. The first-order valence-electron chi connectivity index (χ1n) is 21.4. The van der Waals surface area contributed by atoms with Crippen molar-refractivity contribution in [3.05, 3.63) is 53.7 Å². The smallest absolute Gasteiger partial charge is 0.255 e. The molecule has 1 aromatic carbocycles. The lowest BCUT2D eigenvalue weighted by Crippen LogP contribution is -2.52. The monoisotopic (exact) mass is 806 g/mol. The fraction of sp³-hybridized carbons (Fsp3) is 0.558. The Hall–Kier alpha value is -5.22. The minimum Gasteiger partial charge on any atom is -0.471 e. The van der Waals surface area contributed by atoms with E-state index in [0.717, 1.165) is 112 Å². The van der Waals surface area contributed by atoms with E-state index in [1.807, 2.05) is 12.1 Å². The second-order valence-electron chi connectivity index (χ2n) is 17.5. The Morgan fingerprint density at radius 3 is 2.42 bits per heavy atom. The van der Waals surface area contributed by atoms with Crippen molar-refractivity contribution >= 4 is 40.1 Å². The molecule has 3 amide bonds. The molecule has 59 heavy (non-hydrogen) atoms. The predicted molar refractivity (Wildman–Crippen MR) is 216 cm³/mol. The van der Waals surface area contributed by atoms with E-state index >= 15 is 4.39 Å². The van der Waals surface area contributed by atoms with Gasteiger partial charge >= 0.3 is 0 Å². The van der Waals surface area contributed by atoms with Crippen molar-refractivity contribution in [3.8, 4) is 17.3 Å². The van der Waals surface area contributed by atoms with Crippen molar-refractivity contribution in [1.29, 1.82) is 0 Å². The van der Waals surface area contributed by atoms with Gasteiger partial charge in [0.05, 0.1) is 41.8 Å². The minimum absolute atomic E-state index is 0.0311. The highest BCUT2D eigenvalue weighted by molar-refractivity contribution is 6.05. The van der Waals surface area contributed by atoms with Gasteiger partial charge in [0.15, 0.2) is 5.82 Å². The maximum Gasteiger partial charge on any atom is 0.255 e. The fourth-order valence-corrected chi connectivity index (χ4v) is 9.64. The topological polar surface area (TPSA) is 162 Å². The average molecular weight is 807 g/mol. The number of fused-ring (bicyclic) bond motifs is 2. The van der Waals surface area contributed by atoms with Crippen LogP contribution in [0.1, 0.15) is 87.1 Å². The second-order valence-corrected chi connectivity index (χ2v) is 17.5. The maximum atomic E-state index is 15.9. The van der Waals surface area contributed by atoms with Gasteiger partial charge in [0.2, 0.25) is 17.7 Å². The van der Waals surface area contributed by atoms with Gasteiger partial charge in [0.25, 0.3) is 5.91 Å². The summed E-state index contributed by atoms with van der Waals surface area (Å²) in [5, 5.41) is 10.9. The third kappa shape index (κ3) is 7.72. The van der Waals surface area contributed by atoms with Crippen LogP contribution in [0.5, 0.6) is 5.88 Å². The Labute approximate surface area is 342 Å². The molecule has 2 aliphatic carbocycles. The first-order valence-corrected chi connectivity index (χ1v) is 21.4. The Morgan fingerprint density at radius 2 is 1.66 bits per heavy atom. The van der Waals surface area contributed by atoms with Crippen LogP contribution in [-0.2, 0) is 20.9 Å². The zero-order valence-electron chi connectivity index (χ0n) is 33.5. The molecule has 6 aliphatic rings. The zero-order valence-corrected chi connectivity index (χ0v) is 33.5. The number of halogens is 1. The van der Waals surface area contributed by atoms with Crippen molar-refractivity contribution < 1.29 is 28.2 Å².